The normalized spacial score (nSPS) is 20.3. The number of halogens is 2. The van der Waals surface area contributed by atoms with Crippen LogP contribution in [-0.2, 0) is 19.1 Å². The number of carbonyl (C=O) groups is 2. The molecule has 1 fully saturated rings. The first-order valence-electron chi connectivity index (χ1n) is 11.7. The number of carbonyl (C=O) groups excluding carboxylic acids is 2. The highest BCUT2D eigenvalue weighted by molar-refractivity contribution is 9.10. The quantitative estimate of drug-likeness (QED) is 0.375. The van der Waals surface area contributed by atoms with Crippen molar-refractivity contribution >= 4 is 45.0 Å². The van der Waals surface area contributed by atoms with E-state index in [1.165, 1.54) is 23.5 Å². The Labute approximate surface area is 225 Å². The third-order valence-electron chi connectivity index (χ3n) is 5.75. The van der Waals surface area contributed by atoms with Crippen LogP contribution in [-0.4, -0.2) is 84.8 Å². The van der Waals surface area contributed by atoms with Crippen LogP contribution in [0.25, 0.3) is 0 Å². The Kier molecular flexibility index (Phi) is 9.38. The van der Waals surface area contributed by atoms with E-state index in [-0.39, 0.29) is 38.8 Å². The summed E-state index contributed by atoms with van der Waals surface area (Å²) in [7, 11) is 0. The number of esters is 1. The number of ether oxygens (including phenoxy) is 2. The van der Waals surface area contributed by atoms with Crippen molar-refractivity contribution in [2.75, 3.05) is 46.0 Å². The Morgan fingerprint density at radius 1 is 1.43 bits per heavy atom. The average Bonchev–Trinajstić information content (AvgIpc) is 3.42. The molecule has 2 unspecified atom stereocenters. The molecule has 3 N–H and O–H groups in total. The van der Waals surface area contributed by atoms with Crippen molar-refractivity contribution in [2.45, 2.75) is 19.1 Å². The number of aliphatic hydroxyl groups is 1. The maximum atomic E-state index is 13.9. The molecule has 2 aliphatic rings. The van der Waals surface area contributed by atoms with Crippen molar-refractivity contribution in [3.05, 3.63) is 61.9 Å². The maximum absolute atomic E-state index is 13.9. The van der Waals surface area contributed by atoms with Crippen molar-refractivity contribution in [3.8, 4) is 0 Å². The van der Waals surface area contributed by atoms with E-state index < -0.39 is 23.9 Å². The van der Waals surface area contributed by atoms with Crippen molar-refractivity contribution in [1.82, 2.24) is 20.5 Å². The van der Waals surface area contributed by atoms with Crippen LogP contribution >= 0.6 is 27.3 Å². The third kappa shape index (κ3) is 6.60. The van der Waals surface area contributed by atoms with Gasteiger partial charge in [0.2, 0.25) is 0 Å². The van der Waals surface area contributed by atoms with E-state index in [4.69, 9.17) is 19.6 Å². The van der Waals surface area contributed by atoms with E-state index >= 15 is 0 Å². The van der Waals surface area contributed by atoms with Gasteiger partial charge in [0.1, 0.15) is 18.0 Å². The van der Waals surface area contributed by atoms with Crippen LogP contribution in [0.4, 0.5) is 4.39 Å². The highest BCUT2D eigenvalue weighted by Crippen LogP contribution is 2.37. The first kappa shape index (κ1) is 27.3. The van der Waals surface area contributed by atoms with E-state index in [0.29, 0.717) is 45.3 Å². The second-order valence-electron chi connectivity index (χ2n) is 8.23. The van der Waals surface area contributed by atoms with Crippen LogP contribution in [0, 0.1) is 5.82 Å². The molecule has 13 heteroatoms. The zero-order valence-corrected chi connectivity index (χ0v) is 22.5. The molecule has 0 saturated carbocycles. The Morgan fingerprint density at radius 3 is 2.97 bits per heavy atom. The lowest BCUT2D eigenvalue weighted by Crippen LogP contribution is -2.51. The van der Waals surface area contributed by atoms with Gasteiger partial charge >= 0.3 is 5.97 Å². The Hall–Kier alpha value is -2.71. The number of rotatable bonds is 9. The molecule has 1 aromatic carbocycles. The number of benzene rings is 1. The fraction of sp³-hybridized carbons (Fsp3) is 0.417. The summed E-state index contributed by atoms with van der Waals surface area (Å²) in [4.78, 5) is 36.9. The summed E-state index contributed by atoms with van der Waals surface area (Å²) in [6.45, 7) is 3.27. The van der Waals surface area contributed by atoms with Gasteiger partial charge in [0.25, 0.3) is 5.91 Å². The summed E-state index contributed by atoms with van der Waals surface area (Å²) in [5.74, 6) is -0.800. The molecule has 2 aromatic rings. The predicted molar refractivity (Wildman–Crippen MR) is 139 cm³/mol. The molecule has 2 atom stereocenters. The molecule has 1 aromatic heterocycles. The smallest absolute Gasteiger partial charge is 0.338 e. The van der Waals surface area contributed by atoms with Crippen LogP contribution in [0.1, 0.15) is 23.5 Å². The third-order valence-corrected chi connectivity index (χ3v) is 7.22. The lowest BCUT2D eigenvalue weighted by molar-refractivity contribution is -0.140. The summed E-state index contributed by atoms with van der Waals surface area (Å²) in [6, 6.07) is 3.45. The number of nitrogens with one attached hydrogen (secondary N) is 2. The highest BCUT2D eigenvalue weighted by atomic mass is 79.9. The van der Waals surface area contributed by atoms with E-state index in [1.54, 1.807) is 19.2 Å². The fourth-order valence-corrected chi connectivity index (χ4v) is 5.24. The van der Waals surface area contributed by atoms with Crippen molar-refractivity contribution in [3.63, 3.8) is 0 Å². The van der Waals surface area contributed by atoms with Gasteiger partial charge in [0.15, 0.2) is 10.8 Å². The van der Waals surface area contributed by atoms with Gasteiger partial charge in [-0.2, -0.15) is 0 Å². The standard InChI is InChI=1S/C24H27BrFN5O5S/c1-2-35-24(34)19-17(12-31-7-9-36-18(13-31)22(33)27-5-8-32)29-21(23-28-6-10-37-23)30-20(19)15-4-3-14(26)11-16(15)25/h3-4,6,10-11,18,20,32H,2,5,7-9,12-13H2,1H3,(H,27,33)(H,29,30). The number of morpholine rings is 1. The zero-order chi connectivity index (χ0) is 26.4. The number of thiazole rings is 1. The fourth-order valence-electron chi connectivity index (χ4n) is 4.09. The lowest BCUT2D eigenvalue weighted by atomic mass is 9.95. The summed E-state index contributed by atoms with van der Waals surface area (Å²) < 4.78 is 25.4. The number of amides is 1. The van der Waals surface area contributed by atoms with E-state index in [0.717, 1.165) is 0 Å². The topological polar surface area (TPSA) is 125 Å². The van der Waals surface area contributed by atoms with Crippen molar-refractivity contribution < 1.29 is 28.6 Å². The molecule has 4 rings (SSSR count). The van der Waals surface area contributed by atoms with E-state index in [2.05, 4.69) is 31.5 Å². The Bertz CT molecular complexity index is 1190. The number of aliphatic imine (C=N–C) groups is 1. The molecule has 1 saturated heterocycles. The lowest BCUT2D eigenvalue weighted by Gasteiger charge is -2.35. The number of aromatic nitrogens is 1. The minimum absolute atomic E-state index is 0.139. The molecule has 10 nitrogen and oxygen atoms in total. The number of hydrogen-bond acceptors (Lipinski definition) is 10. The second kappa shape index (κ2) is 12.7. The number of amidine groups is 1. The minimum Gasteiger partial charge on any atom is -0.463 e. The summed E-state index contributed by atoms with van der Waals surface area (Å²) >= 11 is 4.81. The molecular weight excluding hydrogens is 569 g/mol. The van der Waals surface area contributed by atoms with Gasteiger partial charge in [-0.05, 0) is 24.6 Å². The summed E-state index contributed by atoms with van der Waals surface area (Å²) in [5.41, 5.74) is 1.44. The molecule has 1 amide bonds. The van der Waals surface area contributed by atoms with Crippen LogP contribution in [0.5, 0.6) is 0 Å². The number of hydrogen-bond donors (Lipinski definition) is 3. The van der Waals surface area contributed by atoms with E-state index in [1.807, 2.05) is 10.3 Å². The van der Waals surface area contributed by atoms with Crippen molar-refractivity contribution in [2.24, 2.45) is 4.99 Å². The number of nitrogens with zero attached hydrogens (tertiary/aromatic N) is 3. The summed E-state index contributed by atoms with van der Waals surface area (Å²) in [6.07, 6.45) is 0.944. The minimum atomic E-state index is -0.783. The molecule has 0 bridgehead atoms. The number of aliphatic hydroxyl groups excluding tert-OH is 1. The molecule has 0 radical (unpaired) electrons. The molecule has 3 heterocycles. The SMILES string of the molecule is CCOC(=O)C1=C(CN2CCOC(C(=O)NCCO)C2)NC(c2nccs2)=NC1c1ccc(F)cc1Br. The van der Waals surface area contributed by atoms with Gasteiger partial charge in [0, 0.05) is 47.9 Å². The van der Waals surface area contributed by atoms with E-state index in [9.17, 15) is 14.0 Å². The van der Waals surface area contributed by atoms with Crippen LogP contribution in [0.2, 0.25) is 0 Å². The predicted octanol–water partition coefficient (Wildman–Crippen LogP) is 1.76. The first-order valence-corrected chi connectivity index (χ1v) is 13.4. The van der Waals surface area contributed by atoms with Gasteiger partial charge < -0.3 is 25.2 Å². The molecule has 2 aliphatic heterocycles. The molecule has 0 spiro atoms. The Balaban J connectivity index is 1.71. The van der Waals surface area contributed by atoms with Gasteiger partial charge in [0.05, 0.1) is 25.4 Å². The molecule has 37 heavy (non-hydrogen) atoms. The Morgan fingerprint density at radius 2 is 2.27 bits per heavy atom. The highest BCUT2D eigenvalue weighted by Gasteiger charge is 2.36. The zero-order valence-electron chi connectivity index (χ0n) is 20.1. The van der Waals surface area contributed by atoms with Crippen molar-refractivity contribution in [1.29, 1.82) is 0 Å². The molecule has 0 aliphatic carbocycles. The molecule has 198 valence electrons. The van der Waals surface area contributed by atoms with Crippen LogP contribution in [0.15, 0.2) is 50.5 Å². The van der Waals surface area contributed by atoms with Gasteiger partial charge in [-0.25, -0.2) is 14.2 Å². The van der Waals surface area contributed by atoms with Gasteiger partial charge in [-0.3, -0.25) is 14.7 Å². The van der Waals surface area contributed by atoms with Crippen LogP contribution in [0.3, 0.4) is 0 Å². The van der Waals surface area contributed by atoms with Crippen LogP contribution < -0.4 is 10.6 Å². The monoisotopic (exact) mass is 595 g/mol. The summed E-state index contributed by atoms with van der Waals surface area (Å²) in [5, 5.41) is 17.4. The largest absolute Gasteiger partial charge is 0.463 e. The average molecular weight is 596 g/mol. The second-order valence-corrected chi connectivity index (χ2v) is 9.98. The molecular formula is C24H27BrFN5O5S. The van der Waals surface area contributed by atoms with Gasteiger partial charge in [-0.15, -0.1) is 11.3 Å². The first-order chi connectivity index (χ1) is 17.9. The maximum Gasteiger partial charge on any atom is 0.338 e. The van der Waals surface area contributed by atoms with Gasteiger partial charge in [-0.1, -0.05) is 22.0 Å².